The molecule has 3 heteroatoms. The lowest BCUT2D eigenvalue weighted by atomic mass is 10.3. The Morgan fingerprint density at radius 1 is 1.50 bits per heavy atom. The van der Waals surface area contributed by atoms with E-state index in [2.05, 4.69) is 33.2 Å². The van der Waals surface area contributed by atoms with Crippen molar-refractivity contribution in [2.45, 2.75) is 0 Å². The van der Waals surface area contributed by atoms with Crippen LogP contribution in [0, 0.1) is 0 Å². The summed E-state index contributed by atoms with van der Waals surface area (Å²) in [5.74, 6) is 0. The van der Waals surface area contributed by atoms with Crippen molar-refractivity contribution < 1.29 is 0 Å². The summed E-state index contributed by atoms with van der Waals surface area (Å²) in [5.41, 5.74) is 2.44. The van der Waals surface area contributed by atoms with E-state index in [0.717, 1.165) is 4.47 Å². The van der Waals surface area contributed by atoms with Gasteiger partial charge in [-0.25, -0.2) is 0 Å². The van der Waals surface area contributed by atoms with Crippen LogP contribution in [0.25, 0.3) is 11.0 Å². The maximum absolute atomic E-state index is 3.39. The van der Waals surface area contributed by atoms with Crippen molar-refractivity contribution in [1.82, 2.24) is 9.78 Å². The summed E-state index contributed by atoms with van der Waals surface area (Å²) in [6, 6.07) is 6.18. The molecule has 1 aromatic heterocycles. The van der Waals surface area contributed by atoms with E-state index >= 15 is 0 Å². The molecule has 0 fully saturated rings. The van der Waals surface area contributed by atoms with Gasteiger partial charge < -0.3 is 0 Å². The van der Waals surface area contributed by atoms with Gasteiger partial charge in [-0.15, -0.1) is 0 Å². The monoisotopic (exact) mass is 198 g/mol. The zero-order valence-corrected chi connectivity index (χ0v) is 7.14. The zero-order valence-electron chi connectivity index (χ0n) is 5.56. The van der Waals surface area contributed by atoms with Gasteiger partial charge >= 0.3 is 0 Å². The van der Waals surface area contributed by atoms with E-state index in [1.807, 2.05) is 17.8 Å². The van der Waals surface area contributed by atoms with Crippen molar-refractivity contribution in [3.63, 3.8) is 0 Å². The molecule has 0 saturated carbocycles. The van der Waals surface area contributed by atoms with E-state index in [-0.39, 0.29) is 0 Å². The van der Waals surface area contributed by atoms with E-state index in [4.69, 9.17) is 0 Å². The maximum Gasteiger partial charge on any atom is 0.0818 e. The average molecular weight is 199 g/mol. The van der Waals surface area contributed by atoms with Gasteiger partial charge in [0.1, 0.15) is 0 Å². The second-order valence-electron chi connectivity index (χ2n) is 2.33. The molecule has 2 rings (SSSR count). The molecule has 0 bridgehead atoms. The number of aromatic amines is 1. The highest BCUT2D eigenvalue weighted by Crippen LogP contribution is 2.18. The fourth-order valence-corrected chi connectivity index (χ4v) is 1.44. The predicted octanol–water partition coefficient (Wildman–Crippen LogP) is 2.27. The van der Waals surface area contributed by atoms with E-state index in [1.54, 1.807) is 0 Å². The summed E-state index contributed by atoms with van der Waals surface area (Å²) in [7, 11) is 2.00. The van der Waals surface area contributed by atoms with Gasteiger partial charge in [0.15, 0.2) is 0 Å². The molecule has 10 heavy (non-hydrogen) atoms. The summed E-state index contributed by atoms with van der Waals surface area (Å²) in [4.78, 5) is 0. The number of nitrogens with one attached hydrogen (secondary N) is 1. The lowest BCUT2D eigenvalue weighted by Gasteiger charge is -2.10. The Bertz CT molecular complexity index is 355. The molecule has 52 valence electrons. The Balaban J connectivity index is 2.73. The third kappa shape index (κ3) is 0.703. The number of aryl methyl sites for hydroxylation is 1. The Morgan fingerprint density at radius 2 is 2.30 bits per heavy atom. The van der Waals surface area contributed by atoms with E-state index in [9.17, 15) is 0 Å². The second kappa shape index (κ2) is 1.89. The fraction of sp³-hybridized carbons (Fsp3) is 0.143. The van der Waals surface area contributed by atoms with Crippen LogP contribution in [-0.4, -0.2) is 9.78 Å². The topological polar surface area (TPSA) is 20.7 Å². The highest BCUT2D eigenvalue weighted by Gasteiger charge is 1.99. The molecular weight excluding hydrogens is 192 g/mol. The minimum Gasteiger partial charge on any atom is -0.296 e. The van der Waals surface area contributed by atoms with Crippen molar-refractivity contribution in [2.75, 3.05) is 0 Å². The summed E-state index contributed by atoms with van der Waals surface area (Å²) < 4.78 is 3.11. The number of H-pyrrole nitrogens is 1. The number of nitrogens with zero attached hydrogens (tertiary/aromatic N) is 1. The number of benzene rings is 1. The SMILES string of the molecule is Cn1[nH]c2cc(Br)ccc21. The molecule has 0 unspecified atom stereocenters. The molecule has 0 aliphatic heterocycles. The third-order valence-electron chi connectivity index (χ3n) is 1.61. The van der Waals surface area contributed by atoms with Crippen LogP contribution in [0.5, 0.6) is 0 Å². The zero-order chi connectivity index (χ0) is 7.14. The highest BCUT2D eigenvalue weighted by molar-refractivity contribution is 9.10. The maximum atomic E-state index is 3.39. The smallest absolute Gasteiger partial charge is 0.0818 e. The molecule has 0 spiro atoms. The van der Waals surface area contributed by atoms with Crippen molar-refractivity contribution >= 4 is 27.0 Å². The Kier molecular flexibility index (Phi) is 1.14. The van der Waals surface area contributed by atoms with Crippen molar-refractivity contribution in [3.8, 4) is 0 Å². The number of aromatic nitrogens is 2. The molecule has 0 aliphatic carbocycles. The van der Waals surface area contributed by atoms with Gasteiger partial charge in [-0.05, 0) is 18.2 Å². The van der Waals surface area contributed by atoms with Gasteiger partial charge in [0.05, 0.1) is 11.0 Å². The summed E-state index contributed by atoms with van der Waals surface area (Å²) in [6.45, 7) is 0. The number of halogens is 1. The summed E-state index contributed by atoms with van der Waals surface area (Å²) >= 11 is 3.39. The molecule has 0 amide bonds. The number of hydrogen-bond donors (Lipinski definition) is 1. The van der Waals surface area contributed by atoms with E-state index < -0.39 is 0 Å². The van der Waals surface area contributed by atoms with Crippen LogP contribution in [0.3, 0.4) is 0 Å². The van der Waals surface area contributed by atoms with Crippen LogP contribution < -0.4 is 0 Å². The minimum atomic E-state index is 1.12. The first-order valence-electron chi connectivity index (χ1n) is 3.07. The van der Waals surface area contributed by atoms with Crippen molar-refractivity contribution in [1.29, 1.82) is 0 Å². The number of rotatable bonds is 0. The molecule has 0 saturated heterocycles. The van der Waals surface area contributed by atoms with Crippen LogP contribution in [-0.2, 0) is 7.05 Å². The summed E-state index contributed by atoms with van der Waals surface area (Å²) in [6.07, 6.45) is 0. The van der Waals surface area contributed by atoms with Crippen LogP contribution in [0.1, 0.15) is 0 Å². The molecule has 0 atom stereocenters. The van der Waals surface area contributed by atoms with Crippen molar-refractivity contribution in [3.05, 3.63) is 22.7 Å². The third-order valence-corrected chi connectivity index (χ3v) is 2.10. The molecule has 2 aromatic rings. The first-order chi connectivity index (χ1) is 4.77. The van der Waals surface area contributed by atoms with Crippen molar-refractivity contribution in [2.24, 2.45) is 7.05 Å². The fourth-order valence-electron chi connectivity index (χ4n) is 1.08. The summed E-state index contributed by atoms with van der Waals surface area (Å²) in [5, 5.41) is 3.13. The Hall–Kier alpha value is -0.700. The van der Waals surface area contributed by atoms with Gasteiger partial charge in [0.2, 0.25) is 0 Å². The largest absolute Gasteiger partial charge is 0.296 e. The average Bonchev–Trinajstić information content (AvgIpc) is 1.86. The first-order valence-corrected chi connectivity index (χ1v) is 3.86. The van der Waals surface area contributed by atoms with Gasteiger partial charge in [-0.3, -0.25) is 9.78 Å². The van der Waals surface area contributed by atoms with Gasteiger partial charge in [0, 0.05) is 11.5 Å². The highest BCUT2D eigenvalue weighted by atomic mass is 79.9. The van der Waals surface area contributed by atoms with E-state index in [1.165, 1.54) is 11.0 Å². The van der Waals surface area contributed by atoms with Crippen LogP contribution in [0.15, 0.2) is 22.7 Å². The first kappa shape index (κ1) is 6.04. The molecule has 1 aromatic carbocycles. The standard InChI is InChI=1S/C7H7BrN2/c1-10-7-3-2-5(8)4-6(7)9-10/h2-4,9H,1H3. The van der Waals surface area contributed by atoms with Gasteiger partial charge in [-0.1, -0.05) is 15.9 Å². The van der Waals surface area contributed by atoms with Crippen LogP contribution in [0.4, 0.5) is 0 Å². The molecule has 0 aliphatic rings. The lowest BCUT2D eigenvalue weighted by molar-refractivity contribution is 0.762. The number of fused-ring (bicyclic) bond motifs is 1. The minimum absolute atomic E-state index is 1.12. The predicted molar refractivity (Wildman–Crippen MR) is 45.0 cm³/mol. The Morgan fingerprint density at radius 3 is 2.90 bits per heavy atom. The molecular formula is C7H7BrN2. The molecule has 1 heterocycles. The second-order valence-corrected chi connectivity index (χ2v) is 3.25. The molecule has 0 radical (unpaired) electrons. The lowest BCUT2D eigenvalue weighted by Crippen LogP contribution is -2.04. The molecule has 2 nitrogen and oxygen atoms in total. The molecule has 1 N–H and O–H groups in total. The van der Waals surface area contributed by atoms with Gasteiger partial charge in [0.25, 0.3) is 0 Å². The normalized spacial score (nSPS) is 11.0. The van der Waals surface area contributed by atoms with E-state index in [0.29, 0.717) is 0 Å². The van der Waals surface area contributed by atoms with Crippen LogP contribution >= 0.6 is 15.9 Å². The number of hydrogen-bond acceptors (Lipinski definition) is 0. The van der Waals surface area contributed by atoms with Crippen LogP contribution in [0.2, 0.25) is 0 Å². The Labute approximate surface area is 66.9 Å². The quantitative estimate of drug-likeness (QED) is 0.671. The van der Waals surface area contributed by atoms with Gasteiger partial charge in [-0.2, -0.15) is 0 Å².